The maximum atomic E-state index is 13.4. The highest BCUT2D eigenvalue weighted by molar-refractivity contribution is 6.36. The highest BCUT2D eigenvalue weighted by Gasteiger charge is 2.39. The molecule has 0 spiro atoms. The monoisotopic (exact) mass is 444 g/mol. The first kappa shape index (κ1) is 21.8. The largest absolute Gasteiger partial charge is 0.350 e. The molecule has 4 rings (SSSR count). The van der Waals surface area contributed by atoms with Crippen molar-refractivity contribution in [3.05, 3.63) is 106 Å². The second-order valence-corrected chi connectivity index (χ2v) is 8.78. The number of hydrogen-bond acceptors (Lipinski definition) is 3. The number of nitrogens with zero attached hydrogens (tertiary/aromatic N) is 1. The van der Waals surface area contributed by atoms with E-state index in [-0.39, 0.29) is 24.1 Å². The number of carbonyl (C=O) groups excluding carboxylic acids is 2. The molecule has 32 heavy (non-hydrogen) atoms. The molecule has 0 aromatic heterocycles. The fourth-order valence-corrected chi connectivity index (χ4v) is 3.82. The van der Waals surface area contributed by atoms with Crippen LogP contribution in [0.15, 0.2) is 78.5 Å². The van der Waals surface area contributed by atoms with Crippen LogP contribution in [0.1, 0.15) is 42.0 Å². The van der Waals surface area contributed by atoms with E-state index in [1.807, 2.05) is 55.5 Å². The summed E-state index contributed by atoms with van der Waals surface area (Å²) < 4.78 is 0. The van der Waals surface area contributed by atoms with Gasteiger partial charge in [-0.1, -0.05) is 79.5 Å². The minimum Gasteiger partial charge on any atom is -0.350 e. The summed E-state index contributed by atoms with van der Waals surface area (Å²) in [5.41, 5.74) is 5.27. The first-order chi connectivity index (χ1) is 15.3. The van der Waals surface area contributed by atoms with Gasteiger partial charge in [0, 0.05) is 10.7 Å². The minimum atomic E-state index is -0.339. The molecule has 0 saturated heterocycles. The number of aryl methyl sites for hydroxylation is 1. The van der Waals surface area contributed by atoms with Crippen LogP contribution < -0.4 is 5.32 Å². The van der Waals surface area contributed by atoms with E-state index in [0.717, 1.165) is 16.8 Å². The Hall–Kier alpha value is -3.37. The van der Waals surface area contributed by atoms with Crippen LogP contribution in [0.4, 0.5) is 5.69 Å². The second kappa shape index (κ2) is 9.01. The van der Waals surface area contributed by atoms with Gasteiger partial charge in [0.05, 0.1) is 12.1 Å². The summed E-state index contributed by atoms with van der Waals surface area (Å²) in [7, 11) is 0. The fraction of sp³-hybridized carbons (Fsp3) is 0.185. The summed E-state index contributed by atoms with van der Waals surface area (Å²) in [5, 5.41) is 3.78. The Bertz CT molecular complexity index is 1180. The zero-order chi connectivity index (χ0) is 22.8. The van der Waals surface area contributed by atoms with Crippen molar-refractivity contribution in [1.29, 1.82) is 0 Å². The van der Waals surface area contributed by atoms with Gasteiger partial charge in [0.25, 0.3) is 11.8 Å². The van der Waals surface area contributed by atoms with Crippen LogP contribution in [-0.2, 0) is 16.1 Å². The first-order valence-electron chi connectivity index (χ1n) is 10.6. The average Bonchev–Trinajstić information content (AvgIpc) is 3.00. The van der Waals surface area contributed by atoms with E-state index >= 15 is 0 Å². The maximum Gasteiger partial charge on any atom is 0.278 e. The highest BCUT2D eigenvalue weighted by atomic mass is 35.5. The lowest BCUT2D eigenvalue weighted by Crippen LogP contribution is -2.32. The number of nitrogens with one attached hydrogen (secondary N) is 1. The van der Waals surface area contributed by atoms with Crippen LogP contribution in [0.2, 0.25) is 5.02 Å². The summed E-state index contributed by atoms with van der Waals surface area (Å²) in [6.45, 7) is 6.48. The summed E-state index contributed by atoms with van der Waals surface area (Å²) >= 11 is 6.04. The molecule has 4 nitrogen and oxygen atoms in total. The average molecular weight is 445 g/mol. The van der Waals surface area contributed by atoms with Gasteiger partial charge in [-0.2, -0.15) is 0 Å². The number of anilines is 1. The Morgan fingerprint density at radius 2 is 1.47 bits per heavy atom. The van der Waals surface area contributed by atoms with Crippen LogP contribution in [-0.4, -0.2) is 16.7 Å². The molecule has 0 unspecified atom stereocenters. The van der Waals surface area contributed by atoms with Crippen molar-refractivity contribution in [3.63, 3.8) is 0 Å². The summed E-state index contributed by atoms with van der Waals surface area (Å²) in [6, 6.07) is 22.7. The SMILES string of the molecule is Cc1ccc(CN2C(=O)C(Nc3ccc(C(C)C)cc3)=C(c3ccc(Cl)cc3)C2=O)cc1. The molecular weight excluding hydrogens is 420 g/mol. The van der Waals surface area contributed by atoms with E-state index in [1.54, 1.807) is 24.3 Å². The summed E-state index contributed by atoms with van der Waals surface area (Å²) in [4.78, 5) is 28.1. The van der Waals surface area contributed by atoms with Crippen molar-refractivity contribution in [2.75, 3.05) is 5.32 Å². The molecule has 3 aromatic carbocycles. The topological polar surface area (TPSA) is 49.4 Å². The van der Waals surface area contributed by atoms with Gasteiger partial charge in [-0.25, -0.2) is 0 Å². The van der Waals surface area contributed by atoms with Gasteiger partial charge < -0.3 is 5.32 Å². The van der Waals surface area contributed by atoms with Crippen LogP contribution in [0.5, 0.6) is 0 Å². The lowest BCUT2D eigenvalue weighted by molar-refractivity contribution is -0.137. The minimum absolute atomic E-state index is 0.215. The third kappa shape index (κ3) is 4.46. The van der Waals surface area contributed by atoms with Gasteiger partial charge in [-0.3, -0.25) is 14.5 Å². The smallest absolute Gasteiger partial charge is 0.278 e. The quantitative estimate of drug-likeness (QED) is 0.463. The van der Waals surface area contributed by atoms with Gasteiger partial charge >= 0.3 is 0 Å². The molecule has 0 fully saturated rings. The molecule has 0 atom stereocenters. The number of halogens is 1. The number of hydrogen-bond donors (Lipinski definition) is 1. The third-order valence-electron chi connectivity index (χ3n) is 5.61. The molecule has 0 radical (unpaired) electrons. The second-order valence-electron chi connectivity index (χ2n) is 8.34. The van der Waals surface area contributed by atoms with Crippen molar-refractivity contribution in [1.82, 2.24) is 4.90 Å². The predicted molar refractivity (Wildman–Crippen MR) is 129 cm³/mol. The van der Waals surface area contributed by atoms with Crippen molar-refractivity contribution in [2.45, 2.75) is 33.2 Å². The van der Waals surface area contributed by atoms with Crippen LogP contribution in [0, 0.1) is 6.92 Å². The molecule has 0 bridgehead atoms. The number of amides is 2. The molecule has 1 aliphatic heterocycles. The predicted octanol–water partition coefficient (Wildman–Crippen LogP) is 6.16. The molecule has 0 saturated carbocycles. The fourth-order valence-electron chi connectivity index (χ4n) is 3.69. The van der Waals surface area contributed by atoms with E-state index < -0.39 is 0 Å². The number of carbonyl (C=O) groups is 2. The van der Waals surface area contributed by atoms with E-state index in [1.165, 1.54) is 10.5 Å². The van der Waals surface area contributed by atoms with Crippen LogP contribution in [0.25, 0.3) is 5.57 Å². The number of imide groups is 1. The van der Waals surface area contributed by atoms with Crippen molar-refractivity contribution in [2.24, 2.45) is 0 Å². The third-order valence-corrected chi connectivity index (χ3v) is 5.86. The Balaban J connectivity index is 1.70. The van der Waals surface area contributed by atoms with Gasteiger partial charge in [-0.05, 0) is 53.8 Å². The Morgan fingerprint density at radius 1 is 0.844 bits per heavy atom. The number of rotatable bonds is 6. The molecule has 1 N–H and O–H groups in total. The zero-order valence-corrected chi connectivity index (χ0v) is 19.1. The van der Waals surface area contributed by atoms with Crippen molar-refractivity contribution >= 4 is 34.7 Å². The van der Waals surface area contributed by atoms with Crippen molar-refractivity contribution < 1.29 is 9.59 Å². The first-order valence-corrected chi connectivity index (χ1v) is 11.0. The normalized spacial score (nSPS) is 14.0. The maximum absolute atomic E-state index is 13.4. The summed E-state index contributed by atoms with van der Waals surface area (Å²) in [5.74, 6) is -0.250. The number of benzene rings is 3. The van der Waals surface area contributed by atoms with Gasteiger partial charge in [0.1, 0.15) is 5.70 Å². The summed E-state index contributed by atoms with van der Waals surface area (Å²) in [6.07, 6.45) is 0. The molecule has 162 valence electrons. The Kier molecular flexibility index (Phi) is 6.15. The van der Waals surface area contributed by atoms with E-state index in [9.17, 15) is 9.59 Å². The van der Waals surface area contributed by atoms with Gasteiger partial charge in [0.15, 0.2) is 0 Å². The van der Waals surface area contributed by atoms with Crippen LogP contribution in [0.3, 0.4) is 0 Å². The zero-order valence-electron chi connectivity index (χ0n) is 18.4. The molecule has 2 amide bonds. The lowest BCUT2D eigenvalue weighted by Gasteiger charge is -2.16. The molecule has 0 aliphatic carbocycles. The van der Waals surface area contributed by atoms with Gasteiger partial charge in [0.2, 0.25) is 0 Å². The lowest BCUT2D eigenvalue weighted by atomic mass is 10.0. The van der Waals surface area contributed by atoms with E-state index in [2.05, 4.69) is 19.2 Å². The Morgan fingerprint density at radius 3 is 2.06 bits per heavy atom. The molecular formula is C27H25ClN2O2. The highest BCUT2D eigenvalue weighted by Crippen LogP contribution is 2.32. The molecule has 1 aliphatic rings. The molecule has 5 heteroatoms. The molecule has 3 aromatic rings. The van der Waals surface area contributed by atoms with E-state index in [0.29, 0.717) is 22.1 Å². The van der Waals surface area contributed by atoms with Crippen LogP contribution >= 0.6 is 11.6 Å². The standard InChI is InChI=1S/C27H25ClN2O2/c1-17(2)20-10-14-23(15-11-20)29-25-24(21-8-12-22(28)13-9-21)26(31)30(27(25)32)16-19-6-4-18(3)5-7-19/h4-15,17,29H,16H2,1-3H3. The molecule has 1 heterocycles. The Labute approximate surface area is 193 Å². The van der Waals surface area contributed by atoms with Gasteiger partial charge in [-0.15, -0.1) is 0 Å². The van der Waals surface area contributed by atoms with E-state index in [4.69, 9.17) is 11.6 Å². The van der Waals surface area contributed by atoms with Crippen molar-refractivity contribution in [3.8, 4) is 0 Å².